The molecule has 2 aromatic rings. The van der Waals surface area contributed by atoms with Crippen LogP contribution in [0.15, 0.2) is 42.5 Å². The first-order chi connectivity index (χ1) is 13.7. The van der Waals surface area contributed by atoms with Crippen LogP contribution in [-0.4, -0.2) is 48.6 Å². The van der Waals surface area contributed by atoms with Crippen molar-refractivity contribution in [1.29, 1.82) is 0 Å². The number of rotatable bonds is 6. The van der Waals surface area contributed by atoms with Crippen molar-refractivity contribution in [1.82, 2.24) is 9.80 Å². The van der Waals surface area contributed by atoms with E-state index in [1.165, 1.54) is 12.1 Å². The predicted molar refractivity (Wildman–Crippen MR) is 118 cm³/mol. The molecule has 0 aliphatic carbocycles. The number of piperidine rings is 1. The molecule has 1 fully saturated rings. The normalized spacial score (nSPS) is 19.3. The minimum Gasteiger partial charge on any atom is -0.385 e. The summed E-state index contributed by atoms with van der Waals surface area (Å²) in [6, 6.07) is 12.2. The van der Waals surface area contributed by atoms with Crippen LogP contribution in [0.1, 0.15) is 36.9 Å². The van der Waals surface area contributed by atoms with E-state index in [0.717, 1.165) is 30.8 Å². The van der Waals surface area contributed by atoms with Gasteiger partial charge in [-0.3, -0.25) is 4.90 Å². The van der Waals surface area contributed by atoms with Gasteiger partial charge < -0.3 is 10.0 Å². The molecule has 1 aliphatic rings. The smallest absolute Gasteiger partial charge is 0.123 e. The Morgan fingerprint density at radius 3 is 2.24 bits per heavy atom. The Morgan fingerprint density at radius 1 is 1.07 bits per heavy atom. The van der Waals surface area contributed by atoms with Crippen molar-refractivity contribution in [3.63, 3.8) is 0 Å². The molecule has 0 saturated carbocycles. The highest BCUT2D eigenvalue weighted by atomic mass is 35.5. The molecule has 2 unspecified atom stereocenters. The average Bonchev–Trinajstić information content (AvgIpc) is 2.66. The van der Waals surface area contributed by atoms with Crippen molar-refractivity contribution in [3.05, 3.63) is 69.5 Å². The first-order valence-corrected chi connectivity index (χ1v) is 10.8. The second-order valence-corrected chi connectivity index (χ2v) is 9.25. The van der Waals surface area contributed by atoms with E-state index in [1.807, 2.05) is 18.2 Å². The van der Waals surface area contributed by atoms with Gasteiger partial charge in [-0.25, -0.2) is 4.39 Å². The Morgan fingerprint density at radius 2 is 1.69 bits per heavy atom. The molecule has 29 heavy (non-hydrogen) atoms. The number of hydrogen-bond donors (Lipinski definition) is 1. The zero-order chi connectivity index (χ0) is 21.2. The fourth-order valence-electron chi connectivity index (χ4n) is 4.49. The number of hydrogen-bond acceptors (Lipinski definition) is 3. The molecule has 0 aromatic heterocycles. The molecular formula is C23H29Cl2FN2O. The molecule has 2 atom stereocenters. The quantitative estimate of drug-likeness (QED) is 0.657. The van der Waals surface area contributed by atoms with Crippen LogP contribution in [0.3, 0.4) is 0 Å². The highest BCUT2D eigenvalue weighted by Gasteiger charge is 2.37. The van der Waals surface area contributed by atoms with E-state index in [2.05, 4.69) is 30.8 Å². The first kappa shape index (κ1) is 22.5. The maximum absolute atomic E-state index is 13.3. The molecule has 0 amide bonds. The second-order valence-electron chi connectivity index (χ2n) is 8.43. The zero-order valence-corrected chi connectivity index (χ0v) is 18.7. The minimum atomic E-state index is -0.919. The predicted octanol–water partition coefficient (Wildman–Crippen LogP) is 5.35. The third-order valence-electron chi connectivity index (χ3n) is 5.88. The molecule has 0 bridgehead atoms. The van der Waals surface area contributed by atoms with Crippen LogP contribution in [0, 0.1) is 11.7 Å². The number of aliphatic hydroxyl groups is 1. The van der Waals surface area contributed by atoms with Crippen LogP contribution < -0.4 is 0 Å². The summed E-state index contributed by atoms with van der Waals surface area (Å²) in [7, 11) is 4.15. The standard InChI is InChI=1S/C23H29Cl2FN2O/c1-16(15-27(2)3)22(17-4-9-20(24)21(25)14-17)28-12-10-23(29,11-13-28)18-5-7-19(26)8-6-18/h4-9,14,16,22,29H,10-13,15H2,1-3H3. The highest BCUT2D eigenvalue weighted by molar-refractivity contribution is 6.42. The van der Waals surface area contributed by atoms with Crippen molar-refractivity contribution in [2.75, 3.05) is 33.7 Å². The maximum atomic E-state index is 13.3. The third kappa shape index (κ3) is 5.31. The van der Waals surface area contributed by atoms with Crippen LogP contribution in [0.4, 0.5) is 4.39 Å². The van der Waals surface area contributed by atoms with Gasteiger partial charge in [0.1, 0.15) is 5.82 Å². The van der Waals surface area contributed by atoms with E-state index in [0.29, 0.717) is 28.8 Å². The van der Waals surface area contributed by atoms with Crippen molar-refractivity contribution in [2.45, 2.75) is 31.4 Å². The van der Waals surface area contributed by atoms with Gasteiger partial charge in [-0.2, -0.15) is 0 Å². The molecular weight excluding hydrogens is 410 g/mol. The molecule has 0 radical (unpaired) electrons. The van der Waals surface area contributed by atoms with E-state index < -0.39 is 5.60 Å². The molecule has 1 saturated heterocycles. The van der Waals surface area contributed by atoms with Crippen LogP contribution >= 0.6 is 23.2 Å². The van der Waals surface area contributed by atoms with E-state index in [1.54, 1.807) is 12.1 Å². The van der Waals surface area contributed by atoms with E-state index >= 15 is 0 Å². The van der Waals surface area contributed by atoms with Gasteiger partial charge in [-0.1, -0.05) is 48.3 Å². The summed E-state index contributed by atoms with van der Waals surface area (Å²) < 4.78 is 13.3. The summed E-state index contributed by atoms with van der Waals surface area (Å²) in [4.78, 5) is 4.61. The molecule has 1 aliphatic heterocycles. The Labute approximate surface area is 183 Å². The Bertz CT molecular complexity index is 820. The summed E-state index contributed by atoms with van der Waals surface area (Å²) in [6.07, 6.45) is 1.20. The minimum absolute atomic E-state index is 0.171. The van der Waals surface area contributed by atoms with Gasteiger partial charge >= 0.3 is 0 Å². The summed E-state index contributed by atoms with van der Waals surface area (Å²) in [5.74, 6) is 0.0752. The fraction of sp³-hybridized carbons (Fsp3) is 0.478. The SMILES string of the molecule is CC(CN(C)C)C(c1ccc(Cl)c(Cl)c1)N1CCC(O)(c2ccc(F)cc2)CC1. The Hall–Kier alpha value is -1.17. The molecule has 3 nitrogen and oxygen atoms in total. The lowest BCUT2D eigenvalue weighted by Crippen LogP contribution is -2.46. The molecule has 0 spiro atoms. The van der Waals surface area contributed by atoms with Gasteiger partial charge in [0.25, 0.3) is 0 Å². The van der Waals surface area contributed by atoms with Crippen LogP contribution in [0.25, 0.3) is 0 Å². The van der Waals surface area contributed by atoms with Gasteiger partial charge in [-0.05, 0) is 68.2 Å². The van der Waals surface area contributed by atoms with Crippen molar-refractivity contribution >= 4 is 23.2 Å². The lowest BCUT2D eigenvalue weighted by Gasteiger charge is -2.44. The van der Waals surface area contributed by atoms with Crippen molar-refractivity contribution in [3.8, 4) is 0 Å². The largest absolute Gasteiger partial charge is 0.385 e. The third-order valence-corrected chi connectivity index (χ3v) is 6.62. The van der Waals surface area contributed by atoms with Crippen LogP contribution in [0.5, 0.6) is 0 Å². The number of benzene rings is 2. The average molecular weight is 439 g/mol. The lowest BCUT2D eigenvalue weighted by molar-refractivity contribution is -0.0430. The van der Waals surface area contributed by atoms with E-state index in [4.69, 9.17) is 23.2 Å². The van der Waals surface area contributed by atoms with Gasteiger partial charge in [-0.15, -0.1) is 0 Å². The molecule has 6 heteroatoms. The van der Waals surface area contributed by atoms with Gasteiger partial charge in [0.15, 0.2) is 0 Å². The number of nitrogens with zero attached hydrogens (tertiary/aromatic N) is 2. The molecule has 1 heterocycles. The summed E-state index contributed by atoms with van der Waals surface area (Å²) in [6.45, 7) is 4.67. The van der Waals surface area contributed by atoms with Gasteiger partial charge in [0.05, 0.1) is 15.6 Å². The van der Waals surface area contributed by atoms with Crippen molar-refractivity contribution < 1.29 is 9.50 Å². The molecule has 158 valence electrons. The molecule has 2 aromatic carbocycles. The van der Waals surface area contributed by atoms with Crippen molar-refractivity contribution in [2.24, 2.45) is 5.92 Å². The fourth-order valence-corrected chi connectivity index (χ4v) is 4.80. The Balaban J connectivity index is 1.82. The first-order valence-electron chi connectivity index (χ1n) is 10.0. The topological polar surface area (TPSA) is 26.7 Å². The number of likely N-dealkylation sites (tertiary alicyclic amines) is 1. The number of halogens is 3. The van der Waals surface area contributed by atoms with E-state index in [-0.39, 0.29) is 11.9 Å². The van der Waals surface area contributed by atoms with Crippen LogP contribution in [-0.2, 0) is 5.60 Å². The maximum Gasteiger partial charge on any atom is 0.123 e. The summed E-state index contributed by atoms with van der Waals surface area (Å²) >= 11 is 12.5. The van der Waals surface area contributed by atoms with E-state index in [9.17, 15) is 9.50 Å². The summed E-state index contributed by atoms with van der Waals surface area (Å²) in [5, 5.41) is 12.3. The monoisotopic (exact) mass is 438 g/mol. The molecule has 3 rings (SSSR count). The summed E-state index contributed by atoms with van der Waals surface area (Å²) in [5.41, 5.74) is 1.00. The van der Waals surface area contributed by atoms with Gasteiger partial charge in [0, 0.05) is 25.7 Å². The highest BCUT2D eigenvalue weighted by Crippen LogP contribution is 2.39. The second kappa shape index (κ2) is 9.32. The lowest BCUT2D eigenvalue weighted by atomic mass is 9.82. The molecule has 1 N–H and O–H groups in total. The Kier molecular flexibility index (Phi) is 7.23. The van der Waals surface area contributed by atoms with Gasteiger partial charge in [0.2, 0.25) is 0 Å². The zero-order valence-electron chi connectivity index (χ0n) is 17.2. The van der Waals surface area contributed by atoms with Crippen LogP contribution in [0.2, 0.25) is 10.0 Å².